The van der Waals surface area contributed by atoms with Gasteiger partial charge in [0.15, 0.2) is 0 Å². The Kier molecular flexibility index (Phi) is 11.4. The van der Waals surface area contributed by atoms with Crippen LogP contribution in [0.15, 0.2) is 53.5 Å². The van der Waals surface area contributed by atoms with Crippen LogP contribution in [0.1, 0.15) is 36.0 Å². The quantitative estimate of drug-likeness (QED) is 0.145. The van der Waals surface area contributed by atoms with E-state index in [1.165, 1.54) is 31.1 Å². The van der Waals surface area contributed by atoms with Gasteiger partial charge in [0.05, 0.1) is 12.6 Å². The third-order valence-electron chi connectivity index (χ3n) is 7.30. The van der Waals surface area contributed by atoms with Crippen molar-refractivity contribution in [2.45, 2.75) is 31.5 Å². The summed E-state index contributed by atoms with van der Waals surface area (Å²) in [6.07, 6.45) is 1.94. The van der Waals surface area contributed by atoms with Gasteiger partial charge in [0.25, 0.3) is 5.56 Å². The Morgan fingerprint density at radius 2 is 1.67 bits per heavy atom. The fourth-order valence-electron chi connectivity index (χ4n) is 5.05. The summed E-state index contributed by atoms with van der Waals surface area (Å²) in [5, 5.41) is 7.90. The first-order chi connectivity index (χ1) is 22.2. The van der Waals surface area contributed by atoms with Crippen LogP contribution in [0.3, 0.4) is 0 Å². The second kappa shape index (κ2) is 15.6. The molecule has 1 aliphatic rings. The van der Waals surface area contributed by atoms with Gasteiger partial charge < -0.3 is 46.8 Å². The molecule has 0 aliphatic carbocycles. The molecule has 1 aromatic heterocycles. The zero-order chi connectivity index (χ0) is 33.2. The first-order valence-corrected chi connectivity index (χ1v) is 14.7. The molecule has 1 aliphatic heterocycles. The second-order valence-corrected chi connectivity index (χ2v) is 10.6. The molecule has 0 fully saturated rings. The Hall–Kier alpha value is -5.28. The molecule has 0 saturated carbocycles. The van der Waals surface area contributed by atoms with Crippen LogP contribution >= 0.6 is 0 Å². The molecule has 0 saturated heterocycles. The number of amides is 4. The smallest absolute Gasteiger partial charge is 0.250 e. The van der Waals surface area contributed by atoms with E-state index in [4.69, 9.17) is 20.9 Å². The van der Waals surface area contributed by atoms with E-state index in [0.29, 0.717) is 34.6 Å². The number of carbonyl (C=O) groups excluding carboxylic acids is 4. The van der Waals surface area contributed by atoms with Crippen molar-refractivity contribution in [3.63, 3.8) is 0 Å². The highest BCUT2D eigenvalue weighted by molar-refractivity contribution is 5.93. The third kappa shape index (κ3) is 8.05. The minimum absolute atomic E-state index is 0.198. The number of aromatic amines is 1. The number of H-pyrrole nitrogens is 1. The zero-order valence-corrected chi connectivity index (χ0v) is 25.6. The highest BCUT2D eigenvalue weighted by atomic mass is 16.5. The SMILES string of the molecule is C[C@@H]1NC(=O)C(N(C)C(=O)CNC=O)c2ccc(OCCN)c(c2)-c2cc(ccc2OCCN)CC(c2nccc(=O)[nH]2)NC1=O. The Labute approximate surface area is 265 Å². The topological polar surface area (TPSA) is 224 Å². The normalized spacial score (nSPS) is 18.0. The van der Waals surface area contributed by atoms with Gasteiger partial charge in [-0.1, -0.05) is 12.1 Å². The number of nitrogens with zero attached hydrogens (tertiary/aromatic N) is 2. The molecule has 3 aromatic rings. The van der Waals surface area contributed by atoms with E-state index < -0.39 is 41.4 Å². The van der Waals surface area contributed by atoms with Crippen molar-refractivity contribution in [3.8, 4) is 22.6 Å². The van der Waals surface area contributed by atoms with E-state index in [1.54, 1.807) is 24.3 Å². The minimum atomic E-state index is -1.22. The van der Waals surface area contributed by atoms with Crippen molar-refractivity contribution in [1.82, 2.24) is 30.8 Å². The lowest BCUT2D eigenvalue weighted by Crippen LogP contribution is -2.51. The standard InChI is InChI=1S/C31H38N8O7/c1-18-30(43)37-23(29-35-10-7-26(41)38-29)14-19-3-5-24(45-11-8-32)21(13-19)22-15-20(4-6-25(22)46-12-9-33)28(31(44)36-18)39(2)27(42)16-34-17-40/h3-7,10,13,15,17-18,23,28H,8-9,11-12,14,16,32-33H2,1-2H3,(H,34,40)(H,36,44)(H,37,43)(H,35,38,41)/t18-,23?,28?/m0/s1. The lowest BCUT2D eigenvalue weighted by molar-refractivity contribution is -0.140. The Bertz CT molecular complexity index is 1630. The van der Waals surface area contributed by atoms with Gasteiger partial charge in [0.2, 0.25) is 24.1 Å². The summed E-state index contributed by atoms with van der Waals surface area (Å²) in [6.45, 7) is 2.05. The van der Waals surface area contributed by atoms with Gasteiger partial charge in [-0.2, -0.15) is 0 Å². The molecule has 2 heterocycles. The lowest BCUT2D eigenvalue weighted by Gasteiger charge is -2.30. The van der Waals surface area contributed by atoms with Gasteiger partial charge in [0, 0.05) is 43.5 Å². The number of nitrogens with one attached hydrogen (secondary N) is 4. The summed E-state index contributed by atoms with van der Waals surface area (Å²) in [6, 6.07) is 8.67. The molecule has 8 N–H and O–H groups in total. The largest absolute Gasteiger partial charge is 0.492 e. The molecule has 2 unspecified atom stereocenters. The van der Waals surface area contributed by atoms with Crippen molar-refractivity contribution in [3.05, 3.63) is 76.0 Å². The number of aromatic nitrogens is 2. The summed E-state index contributed by atoms with van der Waals surface area (Å²) in [5.74, 6) is -0.623. The maximum Gasteiger partial charge on any atom is 0.250 e. The molecule has 15 heteroatoms. The minimum Gasteiger partial charge on any atom is -0.492 e. The molecule has 4 rings (SSSR count). The van der Waals surface area contributed by atoms with Crippen LogP contribution in [-0.2, 0) is 25.6 Å². The maximum absolute atomic E-state index is 13.9. The van der Waals surface area contributed by atoms with Crippen molar-refractivity contribution in [2.75, 3.05) is 39.9 Å². The molecule has 15 nitrogen and oxygen atoms in total. The number of rotatable bonds is 11. The average Bonchev–Trinajstić information content (AvgIpc) is 3.05. The van der Waals surface area contributed by atoms with Crippen LogP contribution in [0.25, 0.3) is 11.1 Å². The van der Waals surface area contributed by atoms with Gasteiger partial charge in [-0.05, 0) is 48.7 Å². The first kappa shape index (κ1) is 33.6. The van der Waals surface area contributed by atoms with Crippen LogP contribution in [0.4, 0.5) is 0 Å². The number of hydrogen-bond donors (Lipinski definition) is 6. The maximum atomic E-state index is 13.9. The lowest BCUT2D eigenvalue weighted by atomic mass is 9.93. The Morgan fingerprint density at radius 3 is 2.33 bits per heavy atom. The highest BCUT2D eigenvalue weighted by Gasteiger charge is 2.33. The molecule has 4 bridgehead atoms. The summed E-state index contributed by atoms with van der Waals surface area (Å²) >= 11 is 0. The van der Waals surface area contributed by atoms with Gasteiger partial charge in [-0.25, -0.2) is 4.98 Å². The van der Waals surface area contributed by atoms with E-state index in [-0.39, 0.29) is 45.1 Å². The summed E-state index contributed by atoms with van der Waals surface area (Å²) in [5.41, 5.74) is 13.4. The monoisotopic (exact) mass is 634 g/mol. The van der Waals surface area contributed by atoms with E-state index in [2.05, 4.69) is 25.9 Å². The number of benzene rings is 2. The molecule has 4 amide bonds. The van der Waals surface area contributed by atoms with Crippen LogP contribution in [0.5, 0.6) is 11.5 Å². The molecule has 46 heavy (non-hydrogen) atoms. The molecule has 2 aromatic carbocycles. The van der Waals surface area contributed by atoms with Gasteiger partial charge >= 0.3 is 0 Å². The van der Waals surface area contributed by atoms with Crippen molar-refractivity contribution < 1.29 is 28.7 Å². The molecule has 0 spiro atoms. The molecule has 244 valence electrons. The average molecular weight is 635 g/mol. The fraction of sp³-hybridized carbons (Fsp3) is 0.355. The van der Waals surface area contributed by atoms with Gasteiger partial charge in [-0.15, -0.1) is 0 Å². The predicted molar refractivity (Wildman–Crippen MR) is 168 cm³/mol. The van der Waals surface area contributed by atoms with E-state index in [1.807, 2.05) is 12.1 Å². The van der Waals surface area contributed by atoms with Gasteiger partial charge in [0.1, 0.15) is 42.6 Å². The highest BCUT2D eigenvalue weighted by Crippen LogP contribution is 2.40. The summed E-state index contributed by atoms with van der Waals surface area (Å²) < 4.78 is 12.0. The van der Waals surface area contributed by atoms with Crippen molar-refractivity contribution in [2.24, 2.45) is 11.5 Å². The van der Waals surface area contributed by atoms with E-state index in [9.17, 15) is 24.0 Å². The van der Waals surface area contributed by atoms with Crippen LogP contribution in [-0.4, -0.2) is 84.9 Å². The number of hydrogen-bond acceptors (Lipinski definition) is 10. The summed E-state index contributed by atoms with van der Waals surface area (Å²) in [4.78, 5) is 71.6. The van der Waals surface area contributed by atoms with Gasteiger partial charge in [-0.3, -0.25) is 24.0 Å². The summed E-state index contributed by atoms with van der Waals surface area (Å²) in [7, 11) is 1.43. The predicted octanol–water partition coefficient (Wildman–Crippen LogP) is -0.724. The molecular weight excluding hydrogens is 596 g/mol. The zero-order valence-electron chi connectivity index (χ0n) is 25.6. The Balaban J connectivity index is 1.96. The molecule has 3 atom stereocenters. The number of fused-ring (bicyclic) bond motifs is 5. The van der Waals surface area contributed by atoms with Crippen LogP contribution in [0.2, 0.25) is 0 Å². The van der Waals surface area contributed by atoms with Crippen molar-refractivity contribution >= 4 is 24.1 Å². The van der Waals surface area contributed by atoms with Crippen molar-refractivity contribution in [1.29, 1.82) is 0 Å². The molecule has 0 radical (unpaired) electrons. The fourth-order valence-corrected chi connectivity index (χ4v) is 5.05. The first-order valence-electron chi connectivity index (χ1n) is 14.7. The number of carbonyl (C=O) groups is 4. The molecular formula is C31H38N8O7. The Morgan fingerprint density at radius 1 is 1.00 bits per heavy atom. The van der Waals surface area contributed by atoms with Crippen LogP contribution in [0, 0.1) is 0 Å². The van der Waals surface area contributed by atoms with Crippen LogP contribution < -0.4 is 42.5 Å². The number of likely N-dealkylation sites (N-methyl/N-ethyl adjacent to an activating group) is 1. The van der Waals surface area contributed by atoms with E-state index >= 15 is 0 Å². The van der Waals surface area contributed by atoms with E-state index in [0.717, 1.165) is 5.56 Å². The second-order valence-electron chi connectivity index (χ2n) is 10.6. The third-order valence-corrected chi connectivity index (χ3v) is 7.30. The number of nitrogens with two attached hydrogens (primary N) is 2. The number of ether oxygens (including phenoxy) is 2.